The van der Waals surface area contributed by atoms with E-state index in [1.807, 2.05) is 35.0 Å². The number of imidazole rings is 1. The van der Waals surface area contributed by atoms with Gasteiger partial charge in [0.05, 0.1) is 12.8 Å². The van der Waals surface area contributed by atoms with Crippen LogP contribution in [0.3, 0.4) is 0 Å². The minimum atomic E-state index is 0.456. The number of methoxy groups -OCH3 is 1. The van der Waals surface area contributed by atoms with Crippen LogP contribution in [0.2, 0.25) is 0 Å². The van der Waals surface area contributed by atoms with Gasteiger partial charge in [-0.15, -0.1) is 0 Å². The zero-order valence-electron chi connectivity index (χ0n) is 10.4. The zero-order chi connectivity index (χ0) is 13.0. The van der Waals surface area contributed by atoms with Gasteiger partial charge in [-0.3, -0.25) is 0 Å². The smallest absolute Gasteiger partial charge is 0.177 e. The summed E-state index contributed by atoms with van der Waals surface area (Å²) in [6.07, 6.45) is 1.98. The van der Waals surface area contributed by atoms with Gasteiger partial charge in [0.25, 0.3) is 0 Å². The molecule has 1 aromatic carbocycles. The lowest BCUT2D eigenvalue weighted by atomic mass is 10.3. The topological polar surface area (TPSA) is 36.3 Å². The Balaban J connectivity index is 1.97. The van der Waals surface area contributed by atoms with Crippen LogP contribution >= 0.6 is 15.9 Å². The third-order valence-corrected chi connectivity index (χ3v) is 3.20. The molecule has 0 saturated carbocycles. The first-order valence-electron chi connectivity index (χ1n) is 5.71. The van der Waals surface area contributed by atoms with Crippen molar-refractivity contribution in [3.05, 3.63) is 40.9 Å². The third-order valence-electron chi connectivity index (χ3n) is 2.56. The number of benzene rings is 1. The number of aromatic nitrogens is 2. The number of hydrogen-bond donors (Lipinski definition) is 0. The van der Waals surface area contributed by atoms with E-state index in [-0.39, 0.29) is 0 Å². The average molecular weight is 311 g/mol. The Morgan fingerprint density at radius 2 is 1.89 bits per heavy atom. The van der Waals surface area contributed by atoms with Crippen LogP contribution in [0.25, 0.3) is 0 Å². The van der Waals surface area contributed by atoms with Gasteiger partial charge in [0.1, 0.15) is 18.1 Å². The van der Waals surface area contributed by atoms with E-state index in [2.05, 4.69) is 27.8 Å². The molecule has 0 amide bonds. The van der Waals surface area contributed by atoms with Crippen molar-refractivity contribution < 1.29 is 9.47 Å². The lowest BCUT2D eigenvalue weighted by Crippen LogP contribution is -1.96. The van der Waals surface area contributed by atoms with E-state index in [0.29, 0.717) is 6.61 Å². The van der Waals surface area contributed by atoms with Crippen molar-refractivity contribution in [1.82, 2.24) is 9.55 Å². The first-order chi connectivity index (χ1) is 8.72. The van der Waals surface area contributed by atoms with E-state index in [1.165, 1.54) is 0 Å². The Morgan fingerprint density at radius 1 is 1.22 bits per heavy atom. The monoisotopic (exact) mass is 310 g/mol. The molecule has 0 atom stereocenters. The van der Waals surface area contributed by atoms with E-state index < -0.39 is 0 Å². The Morgan fingerprint density at radius 3 is 2.44 bits per heavy atom. The summed E-state index contributed by atoms with van der Waals surface area (Å²) in [5.74, 6) is 1.62. The Kier molecular flexibility index (Phi) is 4.25. The standard InChI is InChI=1S/C13H15BrN2O2/c1-3-16-8-10(15-13(16)14)9-18-12-6-4-11(17-2)5-7-12/h4-8H,3,9H2,1-2H3. The number of aryl methyl sites for hydroxylation is 1. The molecule has 96 valence electrons. The molecule has 0 unspecified atom stereocenters. The van der Waals surface area contributed by atoms with Crippen molar-refractivity contribution in [2.24, 2.45) is 0 Å². The van der Waals surface area contributed by atoms with Crippen LogP contribution in [0.1, 0.15) is 12.6 Å². The van der Waals surface area contributed by atoms with Gasteiger partial charge in [-0.1, -0.05) is 0 Å². The zero-order valence-corrected chi connectivity index (χ0v) is 12.0. The molecule has 1 heterocycles. The predicted molar refractivity (Wildman–Crippen MR) is 72.9 cm³/mol. The second kappa shape index (κ2) is 5.91. The van der Waals surface area contributed by atoms with Crippen LogP contribution in [0, 0.1) is 0 Å². The third kappa shape index (κ3) is 3.04. The summed E-state index contributed by atoms with van der Waals surface area (Å²) in [7, 11) is 1.64. The van der Waals surface area contributed by atoms with Gasteiger partial charge in [0.15, 0.2) is 4.73 Å². The fourth-order valence-electron chi connectivity index (χ4n) is 1.57. The van der Waals surface area contributed by atoms with Crippen LogP contribution in [-0.4, -0.2) is 16.7 Å². The maximum Gasteiger partial charge on any atom is 0.177 e. The number of nitrogens with zero attached hydrogens (tertiary/aromatic N) is 2. The van der Waals surface area contributed by atoms with Gasteiger partial charge in [-0.2, -0.15) is 0 Å². The molecule has 0 spiro atoms. The maximum absolute atomic E-state index is 5.65. The van der Waals surface area contributed by atoms with Crippen molar-refractivity contribution >= 4 is 15.9 Å². The highest BCUT2D eigenvalue weighted by Crippen LogP contribution is 2.18. The largest absolute Gasteiger partial charge is 0.497 e. The van der Waals surface area contributed by atoms with Gasteiger partial charge in [-0.05, 0) is 47.1 Å². The van der Waals surface area contributed by atoms with E-state index in [4.69, 9.17) is 9.47 Å². The second-order valence-electron chi connectivity index (χ2n) is 3.75. The van der Waals surface area contributed by atoms with E-state index in [0.717, 1.165) is 28.5 Å². The first-order valence-corrected chi connectivity index (χ1v) is 6.50. The average Bonchev–Trinajstić information content (AvgIpc) is 2.77. The Bertz CT molecular complexity index is 508. The van der Waals surface area contributed by atoms with Crippen molar-refractivity contribution in [3.8, 4) is 11.5 Å². The van der Waals surface area contributed by atoms with Gasteiger partial charge < -0.3 is 14.0 Å². The molecule has 2 aromatic rings. The summed E-state index contributed by atoms with van der Waals surface area (Å²) in [6.45, 7) is 3.41. The summed E-state index contributed by atoms with van der Waals surface area (Å²) in [5, 5.41) is 0. The normalized spacial score (nSPS) is 10.4. The summed E-state index contributed by atoms with van der Waals surface area (Å²) in [4.78, 5) is 4.36. The summed E-state index contributed by atoms with van der Waals surface area (Å²) in [6, 6.07) is 7.50. The fraction of sp³-hybridized carbons (Fsp3) is 0.308. The molecule has 0 radical (unpaired) electrons. The molecule has 2 rings (SSSR count). The first kappa shape index (κ1) is 13.0. The summed E-state index contributed by atoms with van der Waals surface area (Å²) < 4.78 is 13.6. The summed E-state index contributed by atoms with van der Waals surface area (Å²) in [5.41, 5.74) is 0.902. The molecule has 5 heteroatoms. The number of halogens is 1. The predicted octanol–water partition coefficient (Wildman–Crippen LogP) is 3.25. The highest BCUT2D eigenvalue weighted by atomic mass is 79.9. The van der Waals surface area contributed by atoms with Crippen LogP contribution in [0.5, 0.6) is 11.5 Å². The number of hydrogen-bond acceptors (Lipinski definition) is 3. The molecule has 0 aliphatic carbocycles. The molecule has 4 nitrogen and oxygen atoms in total. The molecular weight excluding hydrogens is 296 g/mol. The van der Waals surface area contributed by atoms with Crippen LogP contribution < -0.4 is 9.47 Å². The van der Waals surface area contributed by atoms with Crippen molar-refractivity contribution in [1.29, 1.82) is 0 Å². The minimum absolute atomic E-state index is 0.456. The molecule has 1 aromatic heterocycles. The minimum Gasteiger partial charge on any atom is -0.497 e. The van der Waals surface area contributed by atoms with Crippen LogP contribution in [0.4, 0.5) is 0 Å². The fourth-order valence-corrected chi connectivity index (χ4v) is 2.15. The number of ether oxygens (including phenoxy) is 2. The molecule has 18 heavy (non-hydrogen) atoms. The molecule has 0 saturated heterocycles. The molecule has 0 aliphatic rings. The molecule has 0 aliphatic heterocycles. The van der Waals surface area contributed by atoms with Gasteiger partial charge in [0, 0.05) is 12.7 Å². The quantitative estimate of drug-likeness (QED) is 0.850. The Labute approximate surface area is 115 Å². The van der Waals surface area contributed by atoms with Crippen molar-refractivity contribution in [3.63, 3.8) is 0 Å². The molecule has 0 fully saturated rings. The lowest BCUT2D eigenvalue weighted by molar-refractivity contribution is 0.301. The Hall–Kier alpha value is -1.49. The second-order valence-corrected chi connectivity index (χ2v) is 4.46. The summed E-state index contributed by atoms with van der Waals surface area (Å²) >= 11 is 3.40. The van der Waals surface area contributed by atoms with Crippen molar-refractivity contribution in [2.75, 3.05) is 7.11 Å². The van der Waals surface area contributed by atoms with E-state index in [1.54, 1.807) is 7.11 Å². The highest BCUT2D eigenvalue weighted by Gasteiger charge is 2.04. The maximum atomic E-state index is 5.65. The molecular formula is C13H15BrN2O2. The SMILES string of the molecule is CCn1cc(COc2ccc(OC)cc2)nc1Br. The van der Waals surface area contributed by atoms with Gasteiger partial charge in [-0.25, -0.2) is 4.98 Å². The van der Waals surface area contributed by atoms with E-state index in [9.17, 15) is 0 Å². The number of rotatable bonds is 5. The van der Waals surface area contributed by atoms with E-state index >= 15 is 0 Å². The van der Waals surface area contributed by atoms with Crippen molar-refractivity contribution in [2.45, 2.75) is 20.1 Å². The van der Waals surface area contributed by atoms with Crippen LogP contribution in [-0.2, 0) is 13.2 Å². The molecule has 0 bridgehead atoms. The molecule has 0 N–H and O–H groups in total. The lowest BCUT2D eigenvalue weighted by Gasteiger charge is -2.05. The van der Waals surface area contributed by atoms with Gasteiger partial charge >= 0.3 is 0 Å². The van der Waals surface area contributed by atoms with Crippen LogP contribution in [0.15, 0.2) is 35.2 Å². The highest BCUT2D eigenvalue weighted by molar-refractivity contribution is 9.10. The van der Waals surface area contributed by atoms with Gasteiger partial charge in [0.2, 0.25) is 0 Å².